The third-order valence-electron chi connectivity index (χ3n) is 2.66. The first kappa shape index (κ1) is 4.74. The van der Waals surface area contributed by atoms with E-state index in [1.807, 2.05) is 0 Å². The van der Waals surface area contributed by atoms with Gasteiger partial charge in [-0.3, -0.25) is 0 Å². The lowest BCUT2D eigenvalue weighted by molar-refractivity contribution is -0.0277. The molecule has 2 N–H and O–H groups in total. The highest BCUT2D eigenvalue weighted by Gasteiger charge is 2.38. The van der Waals surface area contributed by atoms with Gasteiger partial charge in [0.1, 0.15) is 5.75 Å². The van der Waals surface area contributed by atoms with Crippen molar-refractivity contribution >= 4 is 0 Å². The van der Waals surface area contributed by atoms with E-state index < -0.39 is 85.4 Å². The van der Waals surface area contributed by atoms with E-state index in [0.29, 0.717) is 0 Å². The van der Waals surface area contributed by atoms with Gasteiger partial charge in [-0.05, 0) is 44.5 Å². The van der Waals surface area contributed by atoms with E-state index in [0.717, 1.165) is 0 Å². The second kappa shape index (κ2) is 5.93. The summed E-state index contributed by atoms with van der Waals surface area (Å²) in [5.74, 6) is -3.19. The summed E-state index contributed by atoms with van der Waals surface area (Å²) in [6.45, 7) is -0.605. The van der Waals surface area contributed by atoms with Crippen LogP contribution in [0.15, 0.2) is 24.2 Å². The van der Waals surface area contributed by atoms with Crippen molar-refractivity contribution < 1.29 is 29.4 Å². The Balaban J connectivity index is 3.11. The van der Waals surface area contributed by atoms with E-state index in [1.165, 1.54) is 19.0 Å². The molecule has 106 valence electrons. The Labute approximate surface area is 135 Å². The lowest BCUT2D eigenvalue weighted by Crippen LogP contribution is -2.42. The molecule has 0 aliphatic heterocycles. The summed E-state index contributed by atoms with van der Waals surface area (Å²) in [6, 6.07) is -3.88. The number of rotatable bonds is 4. The average molecular weight is 277 g/mol. The van der Waals surface area contributed by atoms with Crippen molar-refractivity contribution in [3.8, 4) is 5.75 Å². The number of aromatic hydroxyl groups is 1. The van der Waals surface area contributed by atoms with Crippen LogP contribution in [0.4, 0.5) is 0 Å². The van der Waals surface area contributed by atoms with Crippen LogP contribution in [0.3, 0.4) is 0 Å². The van der Waals surface area contributed by atoms with E-state index in [2.05, 4.69) is 0 Å². The minimum absolute atomic E-state index is 0.605. The maximum atomic E-state index is 11.7. The Hall–Kier alpha value is -1.06. The number of benzene rings is 1. The first-order valence-electron chi connectivity index (χ1n) is 12.6. The Morgan fingerprint density at radius 1 is 1.26 bits per heavy atom. The predicted molar refractivity (Wildman–Crippen MR) is 77.4 cm³/mol. The molecule has 1 aliphatic rings. The van der Waals surface area contributed by atoms with Crippen molar-refractivity contribution in [2.75, 3.05) is 20.6 Å². The summed E-state index contributed by atoms with van der Waals surface area (Å²) < 4.78 is 114. The van der Waals surface area contributed by atoms with Gasteiger partial charge in [-0.15, -0.1) is 0 Å². The number of phenols is 1. The van der Waals surface area contributed by atoms with E-state index in [4.69, 9.17) is 19.2 Å². The van der Waals surface area contributed by atoms with Crippen LogP contribution in [0, 0.1) is 0 Å². The lowest BCUT2D eigenvalue weighted by Gasteiger charge is -2.40. The molecule has 0 aromatic heterocycles. The molecule has 0 heterocycles. The molecular weight excluding hydrogens is 238 g/mol. The number of hydrogen-bond donors (Lipinski definition) is 2. The molecule has 3 heteroatoms. The highest BCUT2D eigenvalue weighted by Crippen LogP contribution is 2.40. The fourth-order valence-corrected chi connectivity index (χ4v) is 1.78. The fraction of sp³-hybridized carbons (Fsp3) is 0.625. The summed E-state index contributed by atoms with van der Waals surface area (Å²) in [6.07, 6.45) is -19.1. The summed E-state index contributed by atoms with van der Waals surface area (Å²) in [5.41, 5.74) is -4.52. The molecule has 1 aliphatic carbocycles. The molecule has 1 unspecified atom stereocenters. The van der Waals surface area contributed by atoms with Crippen LogP contribution in [-0.4, -0.2) is 41.4 Å². The zero-order chi connectivity index (χ0) is 26.3. The van der Waals surface area contributed by atoms with Crippen LogP contribution in [-0.2, 0) is 0 Å². The maximum Gasteiger partial charge on any atom is 0.115 e. The summed E-state index contributed by atoms with van der Waals surface area (Å²) in [7, 11) is 2.76. The normalized spacial score (nSPS) is 44.4. The van der Waals surface area contributed by atoms with Crippen LogP contribution in [0.25, 0.3) is 0 Å². The molecule has 1 atom stereocenters. The van der Waals surface area contributed by atoms with Gasteiger partial charge in [0.15, 0.2) is 0 Å². The second-order valence-electron chi connectivity index (χ2n) is 4.47. The lowest BCUT2D eigenvalue weighted by atomic mass is 9.72. The number of aliphatic hydroxyl groups is 1. The van der Waals surface area contributed by atoms with Gasteiger partial charge >= 0.3 is 0 Å². The number of phenolic OH excluding ortho intramolecular Hbond substituents is 1. The van der Waals surface area contributed by atoms with Gasteiger partial charge in [-0.1, -0.05) is 31.2 Å². The van der Waals surface area contributed by atoms with Gasteiger partial charge < -0.3 is 15.1 Å². The van der Waals surface area contributed by atoms with Gasteiger partial charge in [-0.25, -0.2) is 0 Å². The van der Waals surface area contributed by atoms with E-state index in [1.54, 1.807) is 0 Å². The summed E-state index contributed by atoms with van der Waals surface area (Å²) in [5, 5.41) is 21.6. The van der Waals surface area contributed by atoms with Crippen molar-refractivity contribution in [3.05, 3.63) is 29.7 Å². The van der Waals surface area contributed by atoms with Crippen LogP contribution in [0.1, 0.15) is 62.5 Å². The van der Waals surface area contributed by atoms with Gasteiger partial charge in [0, 0.05) is 26.2 Å². The second-order valence-corrected chi connectivity index (χ2v) is 4.47. The first-order valence-corrected chi connectivity index (χ1v) is 5.64. The fourth-order valence-electron chi connectivity index (χ4n) is 1.78. The minimum Gasteiger partial charge on any atom is -0.508 e. The summed E-state index contributed by atoms with van der Waals surface area (Å²) >= 11 is 0. The SMILES string of the molecule is [2H]c1c([2H])c(C(CN(C)C)C2(O)C([2H])([2H])C([2H])([2H])C([2H])([2H])C([2H])([2H])C2([2H])[2H])c([2H])c([2H])c1O. The van der Waals surface area contributed by atoms with Crippen molar-refractivity contribution in [2.45, 2.75) is 43.4 Å². The summed E-state index contributed by atoms with van der Waals surface area (Å²) in [4.78, 5) is 1.25. The van der Waals surface area contributed by atoms with Gasteiger partial charge in [0.2, 0.25) is 0 Å². The molecule has 19 heavy (non-hydrogen) atoms. The largest absolute Gasteiger partial charge is 0.508 e. The molecule has 1 aromatic carbocycles. The molecule has 1 fully saturated rings. The zero-order valence-corrected chi connectivity index (χ0v) is 10.6. The van der Waals surface area contributed by atoms with Gasteiger partial charge in [0.25, 0.3) is 0 Å². The van der Waals surface area contributed by atoms with Crippen LogP contribution in [0.2, 0.25) is 0 Å². The minimum atomic E-state index is -3.85. The predicted octanol–water partition coefficient (Wildman–Crippen LogP) is 2.73. The Morgan fingerprint density at radius 3 is 2.37 bits per heavy atom. The standard InChI is InChI=1S/C16H25NO2/c1-17(2)12-15(13-6-8-14(18)9-7-13)16(19)10-4-3-5-11-16/h6-9,15,18-19H,3-5,10-12H2,1-2H3/i3D2,4D2,5D2,6D,7D,8D,9D,10D2,11D2. The van der Waals surface area contributed by atoms with E-state index >= 15 is 0 Å². The molecule has 0 saturated heterocycles. The van der Waals surface area contributed by atoms with Crippen molar-refractivity contribution in [1.29, 1.82) is 0 Å². The molecular formula is C16H25NO2. The third-order valence-corrected chi connectivity index (χ3v) is 2.66. The molecule has 1 saturated carbocycles. The Bertz CT molecular complexity index is 902. The van der Waals surface area contributed by atoms with Crippen molar-refractivity contribution in [1.82, 2.24) is 4.90 Å². The number of nitrogens with zero attached hydrogens (tertiary/aromatic N) is 1. The topological polar surface area (TPSA) is 43.7 Å². The molecule has 0 amide bonds. The highest BCUT2D eigenvalue weighted by molar-refractivity contribution is 5.30. The Morgan fingerprint density at radius 2 is 1.84 bits per heavy atom. The third kappa shape index (κ3) is 3.48. The molecule has 1 aromatic rings. The van der Waals surface area contributed by atoms with Crippen LogP contribution >= 0.6 is 0 Å². The molecule has 0 bridgehead atoms. The highest BCUT2D eigenvalue weighted by atomic mass is 16.3. The average Bonchev–Trinajstić information content (AvgIpc) is 2.67. The number of likely N-dealkylation sites (N-methyl/N-ethyl adjacent to an activating group) is 1. The van der Waals surface area contributed by atoms with Crippen LogP contribution in [0.5, 0.6) is 5.75 Å². The van der Waals surface area contributed by atoms with Gasteiger partial charge in [-0.2, -0.15) is 0 Å². The van der Waals surface area contributed by atoms with Crippen molar-refractivity contribution in [2.24, 2.45) is 0 Å². The van der Waals surface area contributed by atoms with E-state index in [9.17, 15) is 10.2 Å². The van der Waals surface area contributed by atoms with Crippen molar-refractivity contribution in [3.63, 3.8) is 0 Å². The maximum absolute atomic E-state index is 11.7. The molecule has 2 rings (SSSR count). The zero-order valence-electron chi connectivity index (χ0n) is 24.6. The van der Waals surface area contributed by atoms with E-state index in [-0.39, 0.29) is 0 Å². The molecule has 0 spiro atoms. The molecule has 0 radical (unpaired) electrons. The molecule has 3 nitrogen and oxygen atoms in total. The quantitative estimate of drug-likeness (QED) is 0.889. The van der Waals surface area contributed by atoms with Gasteiger partial charge in [0.05, 0.1) is 11.1 Å². The van der Waals surface area contributed by atoms with Crippen LogP contribution < -0.4 is 0 Å². The Kier molecular flexibility index (Phi) is 1.48. The first-order chi connectivity index (χ1) is 14.5. The number of hydrogen-bond acceptors (Lipinski definition) is 3. The smallest absolute Gasteiger partial charge is 0.115 e. The monoisotopic (exact) mass is 277 g/mol.